The summed E-state index contributed by atoms with van der Waals surface area (Å²) >= 11 is 0.950. The molecule has 15 nitrogen and oxygen atoms in total. The molecule has 19 heteroatoms. The molecule has 36 heavy (non-hydrogen) atoms. The largest absolute Gasteiger partial charge is 0.382 e. The zero-order valence-corrected chi connectivity index (χ0v) is 21.0. The average Bonchev–Trinajstić information content (AvgIpc) is 3.29. The van der Waals surface area contributed by atoms with E-state index in [1.54, 1.807) is 0 Å². The monoisotopic (exact) mass is 574 g/mol. The molecule has 0 aliphatic carbocycles. The first kappa shape index (κ1) is 25.8. The van der Waals surface area contributed by atoms with E-state index in [0.717, 1.165) is 40.3 Å². The van der Waals surface area contributed by atoms with E-state index >= 15 is 0 Å². The van der Waals surface area contributed by atoms with Crippen molar-refractivity contribution in [2.45, 2.75) is 21.6 Å². The summed E-state index contributed by atoms with van der Waals surface area (Å²) in [6, 6.07) is 6.02. The molecule has 0 aliphatic heterocycles. The van der Waals surface area contributed by atoms with E-state index in [9.17, 15) is 38.9 Å². The lowest BCUT2D eigenvalue weighted by molar-refractivity contribution is 0.477. The number of nitrogens with zero attached hydrogens (tertiary/aromatic N) is 5. The Bertz CT molecular complexity index is 1890. The molecule has 0 bridgehead atoms. The lowest BCUT2D eigenvalue weighted by atomic mass is 10.3. The molecule has 190 valence electrons. The first-order valence-electron chi connectivity index (χ1n) is 9.30. The molecule has 0 aliphatic rings. The first-order valence-corrected chi connectivity index (χ1v) is 14.4. The maximum absolute atomic E-state index is 11.8. The van der Waals surface area contributed by atoms with Crippen LogP contribution in [0.25, 0.3) is 15.9 Å². The van der Waals surface area contributed by atoms with Gasteiger partial charge in [-0.2, -0.15) is 30.4 Å². The molecule has 0 saturated carbocycles. The Morgan fingerprint density at radius 1 is 0.889 bits per heavy atom. The van der Waals surface area contributed by atoms with Crippen molar-refractivity contribution in [3.8, 4) is 5.69 Å². The number of benzene rings is 2. The maximum Gasteiger partial charge on any atom is 0.296 e. The zero-order valence-electron chi connectivity index (χ0n) is 17.7. The van der Waals surface area contributed by atoms with Crippen molar-refractivity contribution in [3.63, 3.8) is 0 Å². The van der Waals surface area contributed by atoms with Gasteiger partial charge in [0.25, 0.3) is 30.4 Å². The normalized spacial score (nSPS) is 13.1. The first-order chi connectivity index (χ1) is 16.6. The van der Waals surface area contributed by atoms with Crippen LogP contribution >= 0.6 is 11.3 Å². The van der Waals surface area contributed by atoms with Crippen LogP contribution in [0.1, 0.15) is 5.69 Å². The van der Waals surface area contributed by atoms with Gasteiger partial charge in [-0.3, -0.25) is 13.7 Å². The predicted molar refractivity (Wildman–Crippen MR) is 126 cm³/mol. The molecule has 0 amide bonds. The number of nitrogen functional groups attached to an aromatic ring is 1. The molecule has 0 fully saturated rings. The van der Waals surface area contributed by atoms with Crippen LogP contribution < -0.4 is 5.73 Å². The zero-order chi connectivity index (χ0) is 26.6. The second-order valence-corrected chi connectivity index (χ2v) is 12.4. The van der Waals surface area contributed by atoms with Crippen LogP contribution in [-0.4, -0.2) is 53.7 Å². The maximum atomic E-state index is 11.8. The second kappa shape index (κ2) is 8.65. The van der Waals surface area contributed by atoms with Gasteiger partial charge in [0.1, 0.15) is 4.90 Å². The summed E-state index contributed by atoms with van der Waals surface area (Å²) in [4.78, 5) is 2.42. The molecule has 4 rings (SSSR count). The number of aryl methyl sites for hydroxylation is 1. The summed E-state index contributed by atoms with van der Waals surface area (Å²) in [5.41, 5.74) is 6.04. The summed E-state index contributed by atoms with van der Waals surface area (Å²) in [6.45, 7) is 1.44. The van der Waals surface area contributed by atoms with E-state index in [2.05, 4.69) is 20.3 Å². The topological polar surface area (TPSA) is 245 Å². The SMILES string of the molecule is Cc1nn(-c2cc(S(=O)(=O)O)ccc2S(=O)(=O)O)c(N)c1/N=N/c1nc2ccc(S(=O)(=O)O)cc2s1. The number of anilines is 1. The summed E-state index contributed by atoms with van der Waals surface area (Å²) in [5.74, 6) is -0.289. The Morgan fingerprint density at radius 3 is 2.11 bits per heavy atom. The lowest BCUT2D eigenvalue weighted by Crippen LogP contribution is -2.11. The minimum absolute atomic E-state index is 0.0496. The Labute approximate surface area is 207 Å². The van der Waals surface area contributed by atoms with Crippen molar-refractivity contribution < 1.29 is 38.9 Å². The van der Waals surface area contributed by atoms with Gasteiger partial charge in [0, 0.05) is 0 Å². The van der Waals surface area contributed by atoms with Crippen LogP contribution in [0.4, 0.5) is 16.6 Å². The van der Waals surface area contributed by atoms with Crippen molar-refractivity contribution in [1.29, 1.82) is 0 Å². The molecule has 4 aromatic rings. The molecule has 0 radical (unpaired) electrons. The van der Waals surface area contributed by atoms with Crippen LogP contribution in [0.5, 0.6) is 0 Å². The highest BCUT2D eigenvalue weighted by molar-refractivity contribution is 7.86. The lowest BCUT2D eigenvalue weighted by Gasteiger charge is -2.10. The highest BCUT2D eigenvalue weighted by Crippen LogP contribution is 2.35. The fourth-order valence-electron chi connectivity index (χ4n) is 3.07. The third-order valence-electron chi connectivity index (χ3n) is 4.68. The summed E-state index contributed by atoms with van der Waals surface area (Å²) < 4.78 is 98.7. The fourth-order valence-corrected chi connectivity index (χ4v) is 5.63. The van der Waals surface area contributed by atoms with Gasteiger partial charge in [-0.25, -0.2) is 9.67 Å². The van der Waals surface area contributed by atoms with Gasteiger partial charge in [-0.15, -0.1) is 10.2 Å². The van der Waals surface area contributed by atoms with E-state index in [1.807, 2.05) is 0 Å². The van der Waals surface area contributed by atoms with E-state index in [1.165, 1.54) is 19.1 Å². The van der Waals surface area contributed by atoms with Crippen molar-refractivity contribution >= 4 is 68.5 Å². The van der Waals surface area contributed by atoms with Crippen LogP contribution in [-0.2, 0) is 30.4 Å². The van der Waals surface area contributed by atoms with E-state index in [-0.39, 0.29) is 27.2 Å². The number of hydrogen-bond acceptors (Lipinski definition) is 12. The third-order valence-corrected chi connectivity index (χ3v) is 8.18. The summed E-state index contributed by atoms with van der Waals surface area (Å²) in [6.07, 6.45) is 0. The minimum Gasteiger partial charge on any atom is -0.382 e. The molecule has 2 aromatic carbocycles. The van der Waals surface area contributed by atoms with E-state index in [4.69, 9.17) is 5.73 Å². The Balaban J connectivity index is 1.80. The van der Waals surface area contributed by atoms with Crippen molar-refractivity contribution in [2.75, 3.05) is 5.73 Å². The Morgan fingerprint density at radius 2 is 1.50 bits per heavy atom. The second-order valence-electron chi connectivity index (χ2n) is 7.11. The number of hydrogen-bond donors (Lipinski definition) is 4. The standard InChI is InChI=1S/C17H14N6O9S4/c1-8-15(20-21-17-19-11-4-2-10(35(27,28)29)7-13(11)33-17)16(18)23(22-8)12-6-9(34(24,25)26)3-5-14(12)36(30,31)32/h2-7H,18H2,1H3,(H,24,25,26)(H,27,28,29)(H,30,31,32)/b21-20+. The van der Waals surface area contributed by atoms with Crippen molar-refractivity contribution in [1.82, 2.24) is 14.8 Å². The van der Waals surface area contributed by atoms with Crippen LogP contribution in [0.15, 0.2) is 61.3 Å². The number of fused-ring (bicyclic) bond motifs is 1. The molecule has 0 spiro atoms. The average molecular weight is 575 g/mol. The Kier molecular flexibility index (Phi) is 6.19. The smallest absolute Gasteiger partial charge is 0.296 e. The van der Waals surface area contributed by atoms with Gasteiger partial charge in [-0.05, 0) is 43.3 Å². The number of azo groups is 1. The minimum atomic E-state index is -4.86. The van der Waals surface area contributed by atoms with E-state index < -0.39 is 45.8 Å². The predicted octanol–water partition coefficient (Wildman–Crippen LogP) is 2.53. The van der Waals surface area contributed by atoms with Gasteiger partial charge in [0.05, 0.1) is 31.4 Å². The number of aromatic nitrogens is 3. The molecule has 2 aromatic heterocycles. The van der Waals surface area contributed by atoms with Crippen LogP contribution in [0.3, 0.4) is 0 Å². The number of thiazole rings is 1. The molecular formula is C17H14N6O9S4. The molecular weight excluding hydrogens is 560 g/mol. The fraction of sp³-hybridized carbons (Fsp3) is 0.0588. The van der Waals surface area contributed by atoms with Gasteiger partial charge in [-0.1, -0.05) is 11.3 Å². The van der Waals surface area contributed by atoms with E-state index in [0.29, 0.717) is 10.2 Å². The molecule has 2 heterocycles. The summed E-state index contributed by atoms with van der Waals surface area (Å²) in [5, 5.41) is 12.0. The van der Waals surface area contributed by atoms with Gasteiger partial charge in [0.2, 0.25) is 5.13 Å². The molecule has 0 atom stereocenters. The molecule has 5 N–H and O–H groups in total. The highest BCUT2D eigenvalue weighted by atomic mass is 32.2. The van der Waals surface area contributed by atoms with Crippen LogP contribution in [0.2, 0.25) is 0 Å². The van der Waals surface area contributed by atoms with Gasteiger partial charge in [0.15, 0.2) is 11.5 Å². The van der Waals surface area contributed by atoms with Crippen molar-refractivity contribution in [3.05, 3.63) is 42.1 Å². The number of rotatable bonds is 6. The highest BCUT2D eigenvalue weighted by Gasteiger charge is 2.24. The number of nitrogens with two attached hydrogens (primary N) is 1. The van der Waals surface area contributed by atoms with Gasteiger partial charge >= 0.3 is 0 Å². The third kappa shape index (κ3) is 4.97. The van der Waals surface area contributed by atoms with Crippen molar-refractivity contribution in [2.24, 2.45) is 10.2 Å². The summed E-state index contributed by atoms with van der Waals surface area (Å²) in [7, 11) is -14.0. The molecule has 0 saturated heterocycles. The quantitative estimate of drug-likeness (QED) is 0.192. The molecule has 0 unspecified atom stereocenters. The van der Waals surface area contributed by atoms with Gasteiger partial charge < -0.3 is 5.73 Å². The van der Waals surface area contributed by atoms with Crippen LogP contribution in [0, 0.1) is 6.92 Å². The Hall–Kier alpha value is -3.33.